The van der Waals surface area contributed by atoms with Crippen LogP contribution in [0.15, 0.2) is 12.2 Å². The molecule has 5 atom stereocenters. The molecule has 0 heterocycles. The van der Waals surface area contributed by atoms with Crippen molar-refractivity contribution < 1.29 is 12.6 Å². The normalized spacial score (nSPS) is 32.2. The lowest BCUT2D eigenvalue weighted by Gasteiger charge is -2.21. The molecule has 2 aliphatic carbocycles. The maximum atomic E-state index is 12.0. The molecule has 2 bridgehead atoms. The van der Waals surface area contributed by atoms with Crippen LogP contribution in [0.3, 0.4) is 0 Å². The number of hydrogen-bond acceptors (Lipinski definition) is 5. The monoisotopic (exact) mass is 284 g/mol. The Hall–Kier alpha value is -1.01. The van der Waals surface area contributed by atoms with Crippen LogP contribution in [-0.2, 0) is 14.3 Å². The van der Waals surface area contributed by atoms with Gasteiger partial charge in [-0.15, -0.1) is 0 Å². The molecule has 0 amide bonds. The van der Waals surface area contributed by atoms with Crippen LogP contribution >= 0.6 is 0 Å². The van der Waals surface area contributed by atoms with Gasteiger partial charge in [0, 0.05) is 18.1 Å². The first kappa shape index (κ1) is 14.4. The van der Waals surface area contributed by atoms with Gasteiger partial charge in [-0.3, -0.25) is 4.18 Å². The molecular weight excluding hydrogens is 264 g/mol. The number of rotatable bonds is 7. The molecule has 0 radical (unpaired) electrons. The third kappa shape index (κ3) is 3.30. The highest BCUT2D eigenvalue weighted by molar-refractivity contribution is 7.86. The Balaban J connectivity index is 1.97. The maximum Gasteiger partial charge on any atom is 0.268 e. The molecule has 106 valence electrons. The zero-order valence-electron chi connectivity index (χ0n) is 11.0. The van der Waals surface area contributed by atoms with Crippen LogP contribution in [0.5, 0.6) is 0 Å². The third-order valence-electron chi connectivity index (χ3n) is 4.04. The van der Waals surface area contributed by atoms with E-state index >= 15 is 0 Å². The molecule has 2 rings (SSSR count). The second-order valence-corrected chi connectivity index (χ2v) is 7.14. The van der Waals surface area contributed by atoms with Crippen molar-refractivity contribution >= 4 is 22.5 Å². The van der Waals surface area contributed by atoms with Crippen LogP contribution in [0.25, 0.3) is 0 Å². The van der Waals surface area contributed by atoms with Crippen molar-refractivity contribution in [2.45, 2.75) is 25.9 Å². The molecular formula is C13H20N2O3S. The molecule has 19 heavy (non-hydrogen) atoms. The molecule has 0 aromatic carbocycles. The minimum atomic E-state index is -3.64. The molecule has 2 N–H and O–H groups in total. The summed E-state index contributed by atoms with van der Waals surface area (Å²) in [6, 6.07) is 0. The van der Waals surface area contributed by atoms with Gasteiger partial charge < -0.3 is 10.8 Å². The molecule has 5 unspecified atom stereocenters. The summed E-state index contributed by atoms with van der Waals surface area (Å²) < 4.78 is 29.4. The molecule has 0 aromatic heterocycles. The molecule has 0 aromatic rings. The first-order valence-electron chi connectivity index (χ1n) is 6.55. The lowest BCUT2D eigenvalue weighted by molar-refractivity contribution is 0.182. The van der Waals surface area contributed by atoms with Crippen molar-refractivity contribution in [2.75, 3.05) is 5.75 Å². The fourth-order valence-electron chi connectivity index (χ4n) is 2.78. The van der Waals surface area contributed by atoms with Gasteiger partial charge in [-0.1, -0.05) is 19.1 Å². The fourth-order valence-corrected chi connectivity index (χ4v) is 4.33. The smallest absolute Gasteiger partial charge is 0.268 e. The zero-order chi connectivity index (χ0) is 14.0. The lowest BCUT2D eigenvalue weighted by Crippen LogP contribution is -2.29. The summed E-state index contributed by atoms with van der Waals surface area (Å²) in [6.07, 6.45) is 7.97. The Labute approximate surface area is 114 Å². The molecule has 6 heteroatoms. The summed E-state index contributed by atoms with van der Waals surface area (Å²) in [5.74, 6) is -0.292. The average Bonchev–Trinajstić information content (AvgIpc) is 2.96. The van der Waals surface area contributed by atoms with Gasteiger partial charge in [-0.25, -0.2) is 0 Å². The van der Waals surface area contributed by atoms with Crippen molar-refractivity contribution in [1.82, 2.24) is 0 Å². The molecule has 0 aliphatic heterocycles. The molecule has 1 saturated carbocycles. The molecule has 5 nitrogen and oxygen atoms in total. The van der Waals surface area contributed by atoms with Gasteiger partial charge >= 0.3 is 0 Å². The van der Waals surface area contributed by atoms with Crippen molar-refractivity contribution in [1.29, 1.82) is 10.8 Å². The number of fused-ring (bicyclic) bond motifs is 2. The van der Waals surface area contributed by atoms with Crippen LogP contribution in [0.2, 0.25) is 0 Å². The lowest BCUT2D eigenvalue weighted by atomic mass is 9.99. The largest absolute Gasteiger partial charge is 0.313 e. The van der Waals surface area contributed by atoms with E-state index in [4.69, 9.17) is 15.0 Å². The number of hydrogen-bond donors (Lipinski definition) is 2. The van der Waals surface area contributed by atoms with E-state index < -0.39 is 16.0 Å². The summed E-state index contributed by atoms with van der Waals surface area (Å²) in [7, 11) is -3.64. The van der Waals surface area contributed by atoms with Crippen LogP contribution in [0, 0.1) is 34.5 Å². The van der Waals surface area contributed by atoms with Gasteiger partial charge in [-0.2, -0.15) is 8.42 Å². The van der Waals surface area contributed by atoms with Crippen LogP contribution in [-0.4, -0.2) is 32.7 Å². The van der Waals surface area contributed by atoms with Crippen molar-refractivity contribution in [3.63, 3.8) is 0 Å². The van der Waals surface area contributed by atoms with Gasteiger partial charge in [0.1, 0.15) is 0 Å². The van der Waals surface area contributed by atoms with E-state index in [0.29, 0.717) is 5.92 Å². The Kier molecular flexibility index (Phi) is 4.20. The Morgan fingerprint density at radius 3 is 2.53 bits per heavy atom. The van der Waals surface area contributed by atoms with Gasteiger partial charge in [0.25, 0.3) is 10.1 Å². The number of nitrogens with one attached hydrogen (secondary N) is 2. The molecule has 2 aliphatic rings. The van der Waals surface area contributed by atoms with E-state index in [1.165, 1.54) is 6.21 Å². The second-order valence-electron chi connectivity index (χ2n) is 5.50. The quantitative estimate of drug-likeness (QED) is 0.424. The minimum absolute atomic E-state index is 0.218. The highest BCUT2D eigenvalue weighted by Crippen LogP contribution is 2.41. The van der Waals surface area contributed by atoms with E-state index in [9.17, 15) is 8.42 Å². The Bertz CT molecular complexity index is 486. The summed E-state index contributed by atoms with van der Waals surface area (Å²) in [4.78, 5) is 0. The number of allylic oxidation sites excluding steroid dienone is 1. The predicted octanol–water partition coefficient (Wildman–Crippen LogP) is 1.85. The zero-order valence-corrected chi connectivity index (χ0v) is 11.8. The van der Waals surface area contributed by atoms with Gasteiger partial charge in [0.2, 0.25) is 0 Å². The molecule has 1 fully saturated rings. The van der Waals surface area contributed by atoms with E-state index in [1.807, 2.05) is 6.08 Å². The third-order valence-corrected chi connectivity index (χ3v) is 5.37. The average molecular weight is 284 g/mol. The van der Waals surface area contributed by atoms with Gasteiger partial charge in [0.15, 0.2) is 0 Å². The highest BCUT2D eigenvalue weighted by Gasteiger charge is 2.39. The summed E-state index contributed by atoms with van der Waals surface area (Å²) in [5, 5.41) is 14.5. The fraction of sp³-hybridized carbons (Fsp3) is 0.692. The van der Waals surface area contributed by atoms with E-state index in [0.717, 1.165) is 19.1 Å². The SMILES string of the molecule is CC(C=N)C(C=N)CS(=O)(=O)OC1CC2C=CC1C2. The van der Waals surface area contributed by atoms with Gasteiger partial charge in [0.05, 0.1) is 11.9 Å². The highest BCUT2D eigenvalue weighted by atomic mass is 32.2. The Morgan fingerprint density at radius 1 is 1.32 bits per heavy atom. The van der Waals surface area contributed by atoms with E-state index in [1.54, 1.807) is 6.92 Å². The van der Waals surface area contributed by atoms with E-state index in [-0.39, 0.29) is 23.7 Å². The van der Waals surface area contributed by atoms with Crippen LogP contribution in [0.1, 0.15) is 19.8 Å². The Morgan fingerprint density at radius 2 is 2.05 bits per heavy atom. The van der Waals surface area contributed by atoms with Crippen molar-refractivity contribution in [3.8, 4) is 0 Å². The van der Waals surface area contributed by atoms with Crippen molar-refractivity contribution in [2.24, 2.45) is 23.7 Å². The summed E-state index contributed by atoms with van der Waals surface area (Å²) in [5.41, 5.74) is 0. The summed E-state index contributed by atoms with van der Waals surface area (Å²) >= 11 is 0. The van der Waals surface area contributed by atoms with Gasteiger partial charge in [-0.05, 0) is 30.9 Å². The summed E-state index contributed by atoms with van der Waals surface area (Å²) in [6.45, 7) is 1.73. The topological polar surface area (TPSA) is 91.1 Å². The maximum absolute atomic E-state index is 12.0. The first-order valence-corrected chi connectivity index (χ1v) is 8.13. The first-order chi connectivity index (χ1) is 8.95. The minimum Gasteiger partial charge on any atom is -0.313 e. The molecule has 0 spiro atoms. The molecule has 0 saturated heterocycles. The van der Waals surface area contributed by atoms with E-state index in [2.05, 4.69) is 6.08 Å². The second kappa shape index (κ2) is 5.54. The van der Waals surface area contributed by atoms with Crippen LogP contribution in [0.4, 0.5) is 0 Å². The standard InChI is InChI=1S/C13H20N2O3S/c1-9(6-14)12(7-15)8-19(16,17)18-13-5-10-2-3-11(13)4-10/h2-3,6-7,9-15H,4-5,8H2,1H3. The van der Waals surface area contributed by atoms with Crippen LogP contribution < -0.4 is 0 Å². The predicted molar refractivity (Wildman–Crippen MR) is 74.2 cm³/mol. The van der Waals surface area contributed by atoms with Crippen molar-refractivity contribution in [3.05, 3.63) is 12.2 Å².